The summed E-state index contributed by atoms with van der Waals surface area (Å²) in [6.07, 6.45) is -0.964. The molecule has 0 unspecified atom stereocenters. The molecule has 5 heteroatoms. The number of H-pyrrole nitrogens is 1. The molecule has 1 aromatic heterocycles. The molecule has 1 aliphatic rings. The van der Waals surface area contributed by atoms with E-state index in [2.05, 4.69) is 0 Å². The van der Waals surface area contributed by atoms with Crippen LogP contribution in [0.5, 0.6) is 0 Å². The molecule has 0 saturated carbocycles. The number of hydrogen-bond donors (Lipinski definition) is 1. The van der Waals surface area contributed by atoms with Crippen molar-refractivity contribution >= 4 is 0 Å². The molecule has 2 nitrogen and oxygen atoms in total. The van der Waals surface area contributed by atoms with E-state index in [1.54, 1.807) is 0 Å². The zero-order valence-corrected chi connectivity index (χ0v) is 8.66. The summed E-state index contributed by atoms with van der Waals surface area (Å²) in [5, 5.41) is 0. The lowest BCUT2D eigenvalue weighted by Crippen LogP contribution is -2.20. The van der Waals surface area contributed by atoms with Gasteiger partial charge in [0, 0.05) is 6.07 Å². The van der Waals surface area contributed by atoms with Crippen molar-refractivity contribution in [3.8, 4) is 0 Å². The van der Waals surface area contributed by atoms with Crippen LogP contribution in [-0.2, 0) is 19.0 Å². The summed E-state index contributed by atoms with van der Waals surface area (Å²) >= 11 is 0. The lowest BCUT2D eigenvalue weighted by atomic mass is 10.0. The van der Waals surface area contributed by atoms with Gasteiger partial charge < -0.3 is 4.98 Å². The van der Waals surface area contributed by atoms with Crippen LogP contribution in [0.15, 0.2) is 10.9 Å². The third-order valence-corrected chi connectivity index (χ3v) is 2.90. The Morgan fingerprint density at radius 2 is 1.81 bits per heavy atom. The third-order valence-electron chi connectivity index (χ3n) is 2.90. The van der Waals surface area contributed by atoms with E-state index in [1.165, 1.54) is 6.07 Å². The smallest absolute Gasteiger partial charge is 0.318 e. The minimum atomic E-state index is -4.46. The van der Waals surface area contributed by atoms with Gasteiger partial charge in [-0.25, -0.2) is 0 Å². The van der Waals surface area contributed by atoms with Crippen LogP contribution in [-0.4, -0.2) is 4.98 Å². The highest BCUT2D eigenvalue weighted by molar-refractivity contribution is 5.33. The van der Waals surface area contributed by atoms with Gasteiger partial charge in [-0.15, -0.1) is 0 Å². The number of aromatic amines is 1. The van der Waals surface area contributed by atoms with Crippen molar-refractivity contribution in [2.45, 2.75) is 38.3 Å². The molecule has 0 atom stereocenters. The van der Waals surface area contributed by atoms with Crippen LogP contribution in [0.3, 0.4) is 0 Å². The van der Waals surface area contributed by atoms with Gasteiger partial charge in [-0.1, -0.05) is 6.42 Å². The van der Waals surface area contributed by atoms with Crippen LogP contribution in [0.25, 0.3) is 0 Å². The van der Waals surface area contributed by atoms with Crippen molar-refractivity contribution in [2.75, 3.05) is 0 Å². The van der Waals surface area contributed by atoms with E-state index in [-0.39, 0.29) is 5.56 Å². The van der Waals surface area contributed by atoms with E-state index in [4.69, 9.17) is 0 Å². The Labute approximate surface area is 90.5 Å². The minimum absolute atomic E-state index is 0.282. The van der Waals surface area contributed by atoms with Crippen molar-refractivity contribution in [3.05, 3.63) is 33.2 Å². The third kappa shape index (κ3) is 2.13. The number of fused-ring (bicyclic) bond motifs is 1. The Kier molecular flexibility index (Phi) is 2.78. The van der Waals surface area contributed by atoms with Crippen molar-refractivity contribution in [1.82, 2.24) is 4.98 Å². The zero-order chi connectivity index (χ0) is 11.8. The fourth-order valence-corrected chi connectivity index (χ4v) is 2.19. The molecule has 1 aliphatic carbocycles. The fraction of sp³-hybridized carbons (Fsp3) is 0.545. The number of aromatic nitrogens is 1. The molecule has 0 radical (unpaired) electrons. The molecule has 2 rings (SSSR count). The standard InChI is InChI=1S/C11H12F3NO/c12-11(13,14)10-8-5-3-1-2-4-7(8)6-9(16)15-10/h6H,1-5H2,(H,15,16). The summed E-state index contributed by atoms with van der Waals surface area (Å²) in [4.78, 5) is 13.1. The van der Waals surface area contributed by atoms with Crippen molar-refractivity contribution in [1.29, 1.82) is 0 Å². The van der Waals surface area contributed by atoms with Crippen LogP contribution in [0, 0.1) is 0 Å². The number of nitrogens with one attached hydrogen (secondary N) is 1. The topological polar surface area (TPSA) is 32.9 Å². The molecular formula is C11H12F3NO. The summed E-state index contributed by atoms with van der Waals surface area (Å²) in [6, 6.07) is 1.30. The number of halogens is 3. The Hall–Kier alpha value is -1.26. The molecule has 0 aliphatic heterocycles. The average Bonchev–Trinajstić information content (AvgIpc) is 2.39. The van der Waals surface area contributed by atoms with Gasteiger partial charge in [0.15, 0.2) is 0 Å². The molecule has 0 bridgehead atoms. The quantitative estimate of drug-likeness (QED) is 0.684. The van der Waals surface area contributed by atoms with Crippen molar-refractivity contribution in [2.24, 2.45) is 0 Å². The summed E-state index contributed by atoms with van der Waals surface area (Å²) in [5.41, 5.74) is -0.664. The van der Waals surface area contributed by atoms with Crippen LogP contribution >= 0.6 is 0 Å². The normalized spacial score (nSPS) is 16.7. The molecule has 1 N–H and O–H groups in total. The molecular weight excluding hydrogens is 219 g/mol. The SMILES string of the molecule is O=c1cc2c(c(C(F)(F)F)[nH]1)CCCCC2. The largest absolute Gasteiger partial charge is 0.431 e. The van der Waals surface area contributed by atoms with Gasteiger partial charge in [0.2, 0.25) is 5.56 Å². The summed E-state index contributed by atoms with van der Waals surface area (Å²) in [6.45, 7) is 0. The first-order valence-corrected chi connectivity index (χ1v) is 5.31. The number of alkyl halides is 3. The van der Waals surface area contributed by atoms with Gasteiger partial charge in [-0.3, -0.25) is 4.79 Å². The first kappa shape index (κ1) is 11.2. The van der Waals surface area contributed by atoms with Crippen LogP contribution in [0.1, 0.15) is 36.1 Å². The average molecular weight is 231 g/mol. The highest BCUT2D eigenvalue weighted by atomic mass is 19.4. The number of hydrogen-bond acceptors (Lipinski definition) is 1. The van der Waals surface area contributed by atoms with Gasteiger partial charge >= 0.3 is 6.18 Å². The van der Waals surface area contributed by atoms with Crippen LogP contribution < -0.4 is 5.56 Å². The molecule has 0 spiro atoms. The van der Waals surface area contributed by atoms with Crippen molar-refractivity contribution < 1.29 is 13.2 Å². The molecule has 1 aromatic rings. The highest BCUT2D eigenvalue weighted by Gasteiger charge is 2.35. The van der Waals surface area contributed by atoms with Crippen LogP contribution in [0.4, 0.5) is 13.2 Å². The summed E-state index contributed by atoms with van der Waals surface area (Å²) < 4.78 is 38.2. The predicted molar refractivity (Wildman–Crippen MR) is 53.3 cm³/mol. The maximum Gasteiger partial charge on any atom is 0.431 e. The van der Waals surface area contributed by atoms with Crippen LogP contribution in [0.2, 0.25) is 0 Å². The second kappa shape index (κ2) is 3.96. The first-order chi connectivity index (χ1) is 7.48. The predicted octanol–water partition coefficient (Wildman–Crippen LogP) is 2.66. The molecule has 1 heterocycles. The lowest BCUT2D eigenvalue weighted by molar-refractivity contribution is -0.142. The minimum Gasteiger partial charge on any atom is -0.318 e. The Balaban J connectivity index is 2.60. The molecule has 16 heavy (non-hydrogen) atoms. The molecule has 0 aromatic carbocycles. The second-order valence-corrected chi connectivity index (χ2v) is 4.07. The number of pyridine rings is 1. The number of rotatable bonds is 0. The Morgan fingerprint density at radius 3 is 2.50 bits per heavy atom. The van der Waals surface area contributed by atoms with E-state index >= 15 is 0 Å². The Bertz CT molecular complexity index is 448. The monoisotopic (exact) mass is 231 g/mol. The van der Waals surface area contributed by atoms with Gasteiger partial charge in [-0.2, -0.15) is 13.2 Å². The van der Waals surface area contributed by atoms with Gasteiger partial charge in [-0.05, 0) is 36.8 Å². The van der Waals surface area contributed by atoms with E-state index in [9.17, 15) is 18.0 Å². The van der Waals surface area contributed by atoms with E-state index < -0.39 is 17.4 Å². The molecule has 0 fully saturated rings. The van der Waals surface area contributed by atoms with Crippen molar-refractivity contribution in [3.63, 3.8) is 0 Å². The second-order valence-electron chi connectivity index (χ2n) is 4.07. The van der Waals surface area contributed by atoms with E-state index in [0.29, 0.717) is 18.4 Å². The van der Waals surface area contributed by atoms with E-state index in [1.807, 2.05) is 4.98 Å². The lowest BCUT2D eigenvalue weighted by Gasteiger charge is -2.14. The maximum absolute atomic E-state index is 12.7. The van der Waals surface area contributed by atoms with Gasteiger partial charge in [0.05, 0.1) is 0 Å². The Morgan fingerprint density at radius 1 is 1.12 bits per heavy atom. The van der Waals surface area contributed by atoms with E-state index in [0.717, 1.165) is 19.3 Å². The van der Waals surface area contributed by atoms with Gasteiger partial charge in [0.25, 0.3) is 0 Å². The van der Waals surface area contributed by atoms with Gasteiger partial charge in [0.1, 0.15) is 5.69 Å². The highest BCUT2D eigenvalue weighted by Crippen LogP contribution is 2.33. The molecule has 0 saturated heterocycles. The fourth-order valence-electron chi connectivity index (χ4n) is 2.19. The first-order valence-electron chi connectivity index (χ1n) is 5.31. The summed E-state index contributed by atoms with van der Waals surface area (Å²) in [5.74, 6) is 0. The molecule has 0 amide bonds. The zero-order valence-electron chi connectivity index (χ0n) is 8.66. The summed E-state index contributed by atoms with van der Waals surface area (Å²) in [7, 11) is 0. The molecule has 88 valence electrons. The number of aryl methyl sites for hydroxylation is 1. The maximum atomic E-state index is 12.7.